The third-order valence-corrected chi connectivity index (χ3v) is 4.82. The number of esters is 1. The molecule has 4 nitrogen and oxygen atoms in total. The molecule has 0 unspecified atom stereocenters. The van der Waals surface area contributed by atoms with Crippen molar-refractivity contribution in [3.63, 3.8) is 0 Å². The lowest BCUT2D eigenvalue weighted by Gasteiger charge is -2.13. The van der Waals surface area contributed by atoms with Gasteiger partial charge in [-0.1, -0.05) is 76.6 Å². The van der Waals surface area contributed by atoms with Crippen LogP contribution in [0.25, 0.3) is 10.8 Å². The van der Waals surface area contributed by atoms with Crippen molar-refractivity contribution in [1.82, 2.24) is 5.32 Å². The van der Waals surface area contributed by atoms with E-state index in [2.05, 4.69) is 69.3 Å². The van der Waals surface area contributed by atoms with Crippen LogP contribution in [0.1, 0.15) is 11.1 Å². The molecular weight excluding hydrogens is 406 g/mol. The molecule has 0 saturated heterocycles. The van der Waals surface area contributed by atoms with Crippen LogP contribution >= 0.6 is 15.9 Å². The number of amides is 1. The van der Waals surface area contributed by atoms with E-state index in [1.807, 2.05) is 30.3 Å². The fraction of sp³-hybridized carbons (Fsp3) is 0.182. The largest absolute Gasteiger partial charge is 0.467 e. The minimum absolute atomic E-state index is 0.437. The van der Waals surface area contributed by atoms with E-state index in [1.165, 1.54) is 27.9 Å². The van der Waals surface area contributed by atoms with Crippen LogP contribution in [-0.2, 0) is 20.7 Å². The van der Waals surface area contributed by atoms with Crippen LogP contribution in [0.2, 0.25) is 0 Å². The Hall–Kier alpha value is -2.66. The maximum atomic E-state index is 11.3. The van der Waals surface area contributed by atoms with Crippen LogP contribution < -0.4 is 5.32 Å². The maximum Gasteiger partial charge on any atom is 0.328 e. The van der Waals surface area contributed by atoms with E-state index in [0.29, 0.717) is 12.8 Å². The summed E-state index contributed by atoms with van der Waals surface area (Å²) in [6.07, 6.45) is 0.941. The molecule has 0 fully saturated rings. The zero-order chi connectivity index (χ0) is 19.6. The summed E-state index contributed by atoms with van der Waals surface area (Å²) in [7, 11) is 1.30. The predicted molar refractivity (Wildman–Crippen MR) is 112 cm³/mol. The van der Waals surface area contributed by atoms with Crippen LogP contribution in [-0.4, -0.2) is 25.5 Å². The quantitative estimate of drug-likeness (QED) is 0.483. The Labute approximate surface area is 167 Å². The van der Waals surface area contributed by atoms with Gasteiger partial charge in [0, 0.05) is 10.9 Å². The highest BCUT2D eigenvalue weighted by atomic mass is 79.9. The molecule has 5 heteroatoms. The smallest absolute Gasteiger partial charge is 0.328 e. The second-order valence-corrected chi connectivity index (χ2v) is 6.81. The van der Waals surface area contributed by atoms with Gasteiger partial charge in [-0.05, 0) is 34.9 Å². The van der Waals surface area contributed by atoms with Crippen molar-refractivity contribution in [2.45, 2.75) is 19.4 Å². The Morgan fingerprint density at radius 1 is 1.04 bits per heavy atom. The highest BCUT2D eigenvalue weighted by molar-refractivity contribution is 9.10. The van der Waals surface area contributed by atoms with E-state index in [0.717, 1.165) is 5.56 Å². The minimum Gasteiger partial charge on any atom is -0.467 e. The van der Waals surface area contributed by atoms with Gasteiger partial charge in [0.1, 0.15) is 6.04 Å². The van der Waals surface area contributed by atoms with Crippen molar-refractivity contribution >= 4 is 39.1 Å². The molecule has 0 aliphatic rings. The molecule has 0 saturated carbocycles. The van der Waals surface area contributed by atoms with Crippen molar-refractivity contribution in [2.24, 2.45) is 0 Å². The number of halogens is 1. The van der Waals surface area contributed by atoms with E-state index >= 15 is 0 Å². The lowest BCUT2D eigenvalue weighted by Crippen LogP contribution is -2.38. The Morgan fingerprint density at radius 3 is 2.26 bits per heavy atom. The van der Waals surface area contributed by atoms with Gasteiger partial charge in [-0.3, -0.25) is 4.79 Å². The Morgan fingerprint density at radius 2 is 1.67 bits per heavy atom. The minimum atomic E-state index is -0.616. The van der Waals surface area contributed by atoms with E-state index < -0.39 is 12.0 Å². The molecule has 0 spiro atoms. The number of benzene rings is 3. The molecule has 0 radical (unpaired) electrons. The summed E-state index contributed by atoms with van der Waals surface area (Å²) in [5.41, 5.74) is 2.30. The topological polar surface area (TPSA) is 55.4 Å². The molecule has 0 aromatic heterocycles. The molecule has 3 aromatic carbocycles. The molecule has 27 heavy (non-hydrogen) atoms. The molecule has 140 valence electrons. The van der Waals surface area contributed by atoms with Gasteiger partial charge in [0.15, 0.2) is 0 Å². The highest BCUT2D eigenvalue weighted by Crippen LogP contribution is 2.25. The zero-order valence-corrected chi connectivity index (χ0v) is 16.9. The molecule has 1 atom stereocenters. The third kappa shape index (κ3) is 5.93. The molecule has 3 rings (SSSR count). The Balaban J connectivity index is 0.000000198. The maximum absolute atomic E-state index is 11.3. The van der Waals surface area contributed by atoms with Gasteiger partial charge < -0.3 is 10.1 Å². The second kappa shape index (κ2) is 10.5. The summed E-state index contributed by atoms with van der Waals surface area (Å²) in [5, 5.41) is 5.04. The third-order valence-electron chi connectivity index (χ3n) is 4.13. The highest BCUT2D eigenvalue weighted by Gasteiger charge is 2.18. The summed E-state index contributed by atoms with van der Waals surface area (Å²) in [6.45, 7) is 2.13. The molecular formula is C22H22BrNO3. The summed E-state index contributed by atoms with van der Waals surface area (Å²) < 4.78 is 5.75. The molecule has 1 N–H and O–H groups in total. The van der Waals surface area contributed by atoms with Crippen LogP contribution in [0.15, 0.2) is 71.2 Å². The molecule has 1 amide bonds. The van der Waals surface area contributed by atoms with Gasteiger partial charge in [-0.25, -0.2) is 4.79 Å². The average Bonchev–Trinajstić information content (AvgIpc) is 2.71. The number of ether oxygens (including phenoxy) is 1. The SMILES string of the molecule is COC(=O)[C@H](Cc1ccccc1)NC=O.Cc1ccc(Br)c2ccccc12. The number of nitrogens with one attached hydrogen (secondary N) is 1. The Bertz CT molecular complexity index is 856. The molecule has 0 bridgehead atoms. The van der Waals surface area contributed by atoms with Crippen molar-refractivity contribution in [3.05, 3.63) is 82.3 Å². The lowest BCUT2D eigenvalue weighted by atomic mass is 10.1. The fourth-order valence-electron chi connectivity index (χ4n) is 2.70. The standard InChI is InChI=1S/C11H9Br.C11H13NO3/c1-8-6-7-11(12)10-5-3-2-4-9(8)10;1-15-11(14)10(12-8-13)7-9-5-3-2-4-6-9/h2-7H,1H3;2-6,8,10H,7H2,1H3,(H,12,13)/t;10-/m.0/s1. The number of carbonyl (C=O) groups is 2. The number of methoxy groups -OCH3 is 1. The summed E-state index contributed by atoms with van der Waals surface area (Å²) in [4.78, 5) is 21.6. The number of rotatable bonds is 5. The van der Waals surface area contributed by atoms with Gasteiger partial charge in [0.2, 0.25) is 6.41 Å². The zero-order valence-electron chi connectivity index (χ0n) is 15.3. The number of hydrogen-bond donors (Lipinski definition) is 1. The van der Waals surface area contributed by atoms with Gasteiger partial charge in [0.25, 0.3) is 0 Å². The number of hydrogen-bond acceptors (Lipinski definition) is 3. The van der Waals surface area contributed by atoms with Crippen LogP contribution in [0, 0.1) is 6.92 Å². The summed E-state index contributed by atoms with van der Waals surface area (Å²) in [5.74, 6) is -0.439. The Kier molecular flexibility index (Phi) is 8.01. The van der Waals surface area contributed by atoms with Crippen molar-refractivity contribution in [2.75, 3.05) is 7.11 Å². The van der Waals surface area contributed by atoms with E-state index in [-0.39, 0.29) is 0 Å². The van der Waals surface area contributed by atoms with Crippen molar-refractivity contribution in [3.8, 4) is 0 Å². The van der Waals surface area contributed by atoms with Gasteiger partial charge in [-0.15, -0.1) is 0 Å². The van der Waals surface area contributed by atoms with Gasteiger partial charge in [-0.2, -0.15) is 0 Å². The normalized spacial score (nSPS) is 11.1. The fourth-order valence-corrected chi connectivity index (χ4v) is 3.18. The van der Waals surface area contributed by atoms with Crippen molar-refractivity contribution < 1.29 is 14.3 Å². The second-order valence-electron chi connectivity index (χ2n) is 5.96. The van der Waals surface area contributed by atoms with Crippen LogP contribution in [0.4, 0.5) is 0 Å². The molecule has 3 aromatic rings. The van der Waals surface area contributed by atoms with Crippen LogP contribution in [0.5, 0.6) is 0 Å². The summed E-state index contributed by atoms with van der Waals surface area (Å²) >= 11 is 3.53. The lowest BCUT2D eigenvalue weighted by molar-refractivity contribution is -0.144. The molecule has 0 heterocycles. The van der Waals surface area contributed by atoms with Crippen LogP contribution in [0.3, 0.4) is 0 Å². The van der Waals surface area contributed by atoms with Gasteiger partial charge in [0.05, 0.1) is 7.11 Å². The van der Waals surface area contributed by atoms with E-state index in [4.69, 9.17) is 0 Å². The molecule has 0 aliphatic heterocycles. The number of fused-ring (bicyclic) bond motifs is 1. The van der Waals surface area contributed by atoms with E-state index in [9.17, 15) is 9.59 Å². The number of carbonyl (C=O) groups excluding carboxylic acids is 2. The predicted octanol–water partition coefficient (Wildman–Crippen LogP) is 4.43. The summed E-state index contributed by atoms with van der Waals surface area (Å²) in [6, 6.07) is 21.5. The monoisotopic (exact) mass is 427 g/mol. The first kappa shape index (κ1) is 20.6. The first-order valence-electron chi connectivity index (χ1n) is 8.52. The average molecular weight is 428 g/mol. The number of aryl methyl sites for hydroxylation is 1. The first-order valence-corrected chi connectivity index (χ1v) is 9.31. The van der Waals surface area contributed by atoms with E-state index in [1.54, 1.807) is 0 Å². The first-order chi connectivity index (χ1) is 13.1. The van der Waals surface area contributed by atoms with Gasteiger partial charge >= 0.3 is 5.97 Å². The van der Waals surface area contributed by atoms with Crippen molar-refractivity contribution in [1.29, 1.82) is 0 Å². The molecule has 0 aliphatic carbocycles.